The first-order valence-corrected chi connectivity index (χ1v) is 9.11. The van der Waals surface area contributed by atoms with Crippen molar-refractivity contribution in [3.8, 4) is 0 Å². The Balaban J connectivity index is 1.54. The fraction of sp³-hybridized carbons (Fsp3) is 0.263. The first-order chi connectivity index (χ1) is 13.2. The number of nitrogens with zero attached hydrogens (tertiary/aromatic N) is 4. The van der Waals surface area contributed by atoms with E-state index >= 15 is 0 Å². The first-order valence-electron chi connectivity index (χ1n) is 8.74. The molecule has 3 heterocycles. The molecule has 0 radical (unpaired) electrons. The highest BCUT2D eigenvalue weighted by molar-refractivity contribution is 6.29. The molecule has 0 aromatic carbocycles. The Hall–Kier alpha value is -2.77. The van der Waals surface area contributed by atoms with Gasteiger partial charge in [-0.05, 0) is 24.3 Å². The Kier molecular flexibility index (Phi) is 6.90. The van der Waals surface area contributed by atoms with Gasteiger partial charge in [-0.15, -0.1) is 0 Å². The molecule has 0 spiro atoms. The maximum absolute atomic E-state index is 12.6. The van der Waals surface area contributed by atoms with Crippen molar-refractivity contribution in [1.82, 2.24) is 24.8 Å². The van der Waals surface area contributed by atoms with Gasteiger partial charge < -0.3 is 10.6 Å². The lowest BCUT2D eigenvalue weighted by Gasteiger charge is -2.11. The van der Waals surface area contributed by atoms with Crippen LogP contribution in [0, 0.1) is 0 Å². The van der Waals surface area contributed by atoms with Gasteiger partial charge in [0.1, 0.15) is 5.15 Å². The molecule has 0 aliphatic carbocycles. The third-order valence-electron chi connectivity index (χ3n) is 3.95. The molecule has 0 fully saturated rings. The van der Waals surface area contributed by atoms with E-state index in [2.05, 4.69) is 25.6 Å². The minimum absolute atomic E-state index is 0.233. The highest BCUT2D eigenvalue weighted by Crippen LogP contribution is 2.06. The van der Waals surface area contributed by atoms with E-state index in [1.165, 1.54) is 10.8 Å². The molecule has 140 valence electrons. The van der Waals surface area contributed by atoms with Gasteiger partial charge in [-0.25, -0.2) is 4.98 Å². The average Bonchev–Trinajstić information content (AvgIpc) is 2.70. The van der Waals surface area contributed by atoms with Crippen LogP contribution in [-0.4, -0.2) is 32.6 Å². The Morgan fingerprint density at radius 3 is 2.41 bits per heavy atom. The molecule has 0 bridgehead atoms. The van der Waals surface area contributed by atoms with Crippen molar-refractivity contribution in [2.45, 2.75) is 19.5 Å². The van der Waals surface area contributed by atoms with E-state index < -0.39 is 0 Å². The minimum atomic E-state index is -0.233. The van der Waals surface area contributed by atoms with Crippen molar-refractivity contribution >= 4 is 17.4 Å². The van der Waals surface area contributed by atoms with Gasteiger partial charge in [0.25, 0.3) is 5.56 Å². The number of halogens is 1. The van der Waals surface area contributed by atoms with E-state index in [1.807, 2.05) is 36.4 Å². The monoisotopic (exact) mass is 384 g/mol. The second-order valence-electron chi connectivity index (χ2n) is 5.88. The third kappa shape index (κ3) is 5.60. The van der Waals surface area contributed by atoms with Crippen molar-refractivity contribution in [3.63, 3.8) is 0 Å². The van der Waals surface area contributed by atoms with Crippen LogP contribution >= 0.6 is 11.6 Å². The van der Waals surface area contributed by atoms with Crippen LogP contribution in [0.4, 0.5) is 5.82 Å². The van der Waals surface area contributed by atoms with E-state index in [-0.39, 0.29) is 5.56 Å². The molecule has 2 N–H and O–H groups in total. The highest BCUT2D eigenvalue weighted by Gasteiger charge is 2.09. The summed E-state index contributed by atoms with van der Waals surface area (Å²) in [6, 6.07) is 11.5. The van der Waals surface area contributed by atoms with Crippen LogP contribution in [0.25, 0.3) is 0 Å². The van der Waals surface area contributed by atoms with E-state index in [9.17, 15) is 4.79 Å². The van der Waals surface area contributed by atoms with Gasteiger partial charge in [0.05, 0.1) is 11.9 Å². The molecule has 8 heteroatoms. The van der Waals surface area contributed by atoms with Crippen molar-refractivity contribution in [1.29, 1.82) is 0 Å². The van der Waals surface area contributed by atoms with Crippen LogP contribution in [0.3, 0.4) is 0 Å². The molecule has 0 saturated carbocycles. The fourth-order valence-electron chi connectivity index (χ4n) is 2.56. The summed E-state index contributed by atoms with van der Waals surface area (Å²) in [5.41, 5.74) is 1.67. The normalized spacial score (nSPS) is 10.7. The van der Waals surface area contributed by atoms with Crippen LogP contribution in [0.5, 0.6) is 0 Å². The predicted octanol–water partition coefficient (Wildman–Crippen LogP) is 2.13. The summed E-state index contributed by atoms with van der Waals surface area (Å²) in [6.45, 7) is 2.24. The lowest BCUT2D eigenvalue weighted by Crippen LogP contribution is -2.30. The quantitative estimate of drug-likeness (QED) is 0.550. The molecular formula is C19H21ClN6O. The van der Waals surface area contributed by atoms with E-state index in [0.29, 0.717) is 43.6 Å². The van der Waals surface area contributed by atoms with E-state index in [4.69, 9.17) is 11.6 Å². The van der Waals surface area contributed by atoms with Crippen molar-refractivity contribution in [2.75, 3.05) is 18.4 Å². The summed E-state index contributed by atoms with van der Waals surface area (Å²) in [7, 11) is 0. The molecule has 0 amide bonds. The summed E-state index contributed by atoms with van der Waals surface area (Å²) in [5, 5.41) is 6.65. The Morgan fingerprint density at radius 2 is 1.70 bits per heavy atom. The Labute approximate surface area is 162 Å². The number of nitrogens with one attached hydrogen (secondary N) is 2. The van der Waals surface area contributed by atoms with Gasteiger partial charge in [-0.3, -0.25) is 19.3 Å². The van der Waals surface area contributed by atoms with Gasteiger partial charge in [0, 0.05) is 50.7 Å². The molecule has 3 rings (SSSR count). The first kappa shape index (κ1) is 19.0. The van der Waals surface area contributed by atoms with Crippen molar-refractivity contribution in [2.24, 2.45) is 0 Å². The Bertz CT molecular complexity index is 901. The molecule has 0 unspecified atom stereocenters. The van der Waals surface area contributed by atoms with Crippen molar-refractivity contribution in [3.05, 3.63) is 81.9 Å². The molecule has 0 atom stereocenters. The average molecular weight is 385 g/mol. The third-order valence-corrected chi connectivity index (χ3v) is 4.25. The summed E-state index contributed by atoms with van der Waals surface area (Å²) >= 11 is 6.15. The summed E-state index contributed by atoms with van der Waals surface area (Å²) < 4.78 is 1.50. The molecule has 7 nitrogen and oxygen atoms in total. The van der Waals surface area contributed by atoms with Gasteiger partial charge in [-0.2, -0.15) is 0 Å². The van der Waals surface area contributed by atoms with Crippen LogP contribution in [0.15, 0.2) is 59.8 Å². The van der Waals surface area contributed by atoms with Crippen LogP contribution < -0.4 is 16.2 Å². The van der Waals surface area contributed by atoms with Gasteiger partial charge in [0.15, 0.2) is 5.82 Å². The van der Waals surface area contributed by atoms with E-state index in [1.54, 1.807) is 12.4 Å². The van der Waals surface area contributed by atoms with Gasteiger partial charge in [0.2, 0.25) is 0 Å². The minimum Gasteiger partial charge on any atom is -0.365 e. The van der Waals surface area contributed by atoms with Crippen LogP contribution in [0.2, 0.25) is 5.15 Å². The highest BCUT2D eigenvalue weighted by atomic mass is 35.5. The molecule has 0 aliphatic rings. The van der Waals surface area contributed by atoms with Crippen molar-refractivity contribution < 1.29 is 0 Å². The number of pyridine rings is 2. The number of anilines is 1. The molecular weight excluding hydrogens is 364 g/mol. The van der Waals surface area contributed by atoms with Gasteiger partial charge in [-0.1, -0.05) is 23.7 Å². The molecule has 0 saturated heterocycles. The van der Waals surface area contributed by atoms with E-state index in [0.717, 1.165) is 11.4 Å². The smallest absolute Gasteiger partial charge is 0.294 e. The second kappa shape index (κ2) is 9.80. The fourth-order valence-corrected chi connectivity index (χ4v) is 2.77. The van der Waals surface area contributed by atoms with Crippen LogP contribution in [-0.2, 0) is 19.5 Å². The lowest BCUT2D eigenvalue weighted by atomic mass is 10.3. The predicted molar refractivity (Wildman–Crippen MR) is 106 cm³/mol. The zero-order chi connectivity index (χ0) is 18.9. The number of hydrogen-bond acceptors (Lipinski definition) is 6. The summed E-state index contributed by atoms with van der Waals surface area (Å²) in [5.74, 6) is 0.292. The lowest BCUT2D eigenvalue weighted by molar-refractivity contribution is 0.579. The topological polar surface area (TPSA) is 84.7 Å². The SMILES string of the molecule is O=c1c(NCCc2ccccn2)ncc(Cl)n1CCNCc1ccccn1. The van der Waals surface area contributed by atoms with Crippen LogP contribution in [0.1, 0.15) is 11.4 Å². The molecule has 3 aromatic rings. The maximum atomic E-state index is 12.6. The Morgan fingerprint density at radius 1 is 0.963 bits per heavy atom. The standard InChI is InChI=1S/C19H21ClN6O/c20-17-14-25-18(24-10-7-15-5-1-3-8-22-15)19(27)26(17)12-11-21-13-16-6-2-4-9-23-16/h1-6,8-9,14,21H,7,10-13H2,(H,24,25). The number of hydrogen-bond donors (Lipinski definition) is 2. The molecule has 3 aromatic heterocycles. The zero-order valence-electron chi connectivity index (χ0n) is 14.8. The second-order valence-corrected chi connectivity index (χ2v) is 6.27. The zero-order valence-corrected chi connectivity index (χ0v) is 15.6. The summed E-state index contributed by atoms with van der Waals surface area (Å²) in [4.78, 5) is 25.2. The maximum Gasteiger partial charge on any atom is 0.294 e. The molecule has 0 aliphatic heterocycles. The number of rotatable bonds is 9. The van der Waals surface area contributed by atoms with Gasteiger partial charge >= 0.3 is 0 Å². The molecule has 27 heavy (non-hydrogen) atoms. The largest absolute Gasteiger partial charge is 0.365 e. The number of aromatic nitrogens is 4. The summed E-state index contributed by atoms with van der Waals surface area (Å²) in [6.07, 6.45) is 5.70.